The molecule has 2 aromatic rings. The van der Waals surface area contributed by atoms with E-state index in [0.29, 0.717) is 0 Å². The van der Waals surface area contributed by atoms with Crippen molar-refractivity contribution < 1.29 is 4.42 Å². The van der Waals surface area contributed by atoms with Gasteiger partial charge in [-0.05, 0) is 56.9 Å². The summed E-state index contributed by atoms with van der Waals surface area (Å²) in [5.41, 5.74) is 7.39. The lowest BCUT2D eigenvalue weighted by molar-refractivity contribution is 0.484. The number of hydrogen-bond donors (Lipinski definition) is 2. The Morgan fingerprint density at radius 3 is 2.40 bits per heavy atom. The van der Waals surface area contributed by atoms with Gasteiger partial charge in [-0.1, -0.05) is 23.7 Å². The Morgan fingerprint density at radius 1 is 1.20 bits per heavy atom. The number of benzene rings is 1. The topological polar surface area (TPSA) is 51.2 Å². The van der Waals surface area contributed by atoms with Gasteiger partial charge in [0, 0.05) is 10.6 Å². The maximum absolute atomic E-state index is 6.31. The molecule has 108 valence electrons. The molecule has 0 radical (unpaired) electrons. The van der Waals surface area contributed by atoms with E-state index in [2.05, 4.69) is 24.5 Å². The summed E-state index contributed by atoms with van der Waals surface area (Å²) in [6.45, 7) is 8.03. The molecule has 3 N–H and O–H groups in total. The predicted octanol–water partition coefficient (Wildman–Crippen LogP) is 3.91. The van der Waals surface area contributed by atoms with E-state index < -0.39 is 0 Å². The second-order valence-electron chi connectivity index (χ2n) is 5.27. The minimum Gasteiger partial charge on any atom is -0.466 e. The van der Waals surface area contributed by atoms with Gasteiger partial charge < -0.3 is 4.42 Å². The third-order valence-corrected chi connectivity index (χ3v) is 4.15. The SMILES string of the molecule is Cc1ccc(CC(NN)c2c(C)oc(C)c2C)c(Cl)c1. The number of rotatable bonds is 4. The molecule has 0 spiro atoms. The summed E-state index contributed by atoms with van der Waals surface area (Å²) in [6.07, 6.45) is 0.732. The largest absolute Gasteiger partial charge is 0.466 e. The first kappa shape index (κ1) is 15.1. The highest BCUT2D eigenvalue weighted by Crippen LogP contribution is 2.30. The van der Waals surface area contributed by atoms with Gasteiger partial charge in [-0.15, -0.1) is 0 Å². The van der Waals surface area contributed by atoms with Crippen molar-refractivity contribution in [1.82, 2.24) is 5.43 Å². The predicted molar refractivity (Wildman–Crippen MR) is 82.9 cm³/mol. The molecule has 2 rings (SSSR count). The van der Waals surface area contributed by atoms with Crippen LogP contribution in [0, 0.1) is 27.7 Å². The highest BCUT2D eigenvalue weighted by Gasteiger charge is 2.21. The zero-order chi connectivity index (χ0) is 14.9. The molecular formula is C16H21ClN2O. The van der Waals surface area contributed by atoms with E-state index in [0.717, 1.165) is 45.2 Å². The number of hydrazine groups is 1. The number of aryl methyl sites for hydroxylation is 3. The summed E-state index contributed by atoms with van der Waals surface area (Å²) < 4.78 is 5.69. The first-order chi connectivity index (χ1) is 9.43. The van der Waals surface area contributed by atoms with Crippen LogP contribution in [0.3, 0.4) is 0 Å². The Morgan fingerprint density at radius 2 is 1.90 bits per heavy atom. The van der Waals surface area contributed by atoms with Crippen molar-refractivity contribution in [1.29, 1.82) is 0 Å². The Balaban J connectivity index is 2.33. The molecule has 1 aromatic heterocycles. The summed E-state index contributed by atoms with van der Waals surface area (Å²) in [4.78, 5) is 0. The zero-order valence-corrected chi connectivity index (χ0v) is 13.1. The fourth-order valence-electron chi connectivity index (χ4n) is 2.60. The van der Waals surface area contributed by atoms with Crippen LogP contribution in [-0.2, 0) is 6.42 Å². The van der Waals surface area contributed by atoms with Gasteiger partial charge in [-0.25, -0.2) is 0 Å². The van der Waals surface area contributed by atoms with Gasteiger partial charge in [0.05, 0.1) is 6.04 Å². The number of hydrogen-bond acceptors (Lipinski definition) is 3. The number of nitrogens with two attached hydrogens (primary N) is 1. The molecule has 1 atom stereocenters. The van der Waals surface area contributed by atoms with Crippen LogP contribution in [0.4, 0.5) is 0 Å². The minimum absolute atomic E-state index is 0.00680. The summed E-state index contributed by atoms with van der Waals surface area (Å²) in [7, 11) is 0. The van der Waals surface area contributed by atoms with Crippen LogP contribution in [0.2, 0.25) is 5.02 Å². The van der Waals surface area contributed by atoms with Crippen molar-refractivity contribution in [2.45, 2.75) is 40.2 Å². The molecule has 3 nitrogen and oxygen atoms in total. The van der Waals surface area contributed by atoms with Gasteiger partial charge in [-0.3, -0.25) is 11.3 Å². The van der Waals surface area contributed by atoms with Crippen LogP contribution >= 0.6 is 11.6 Å². The average molecular weight is 293 g/mol. The second kappa shape index (κ2) is 6.00. The van der Waals surface area contributed by atoms with Crippen molar-refractivity contribution in [2.24, 2.45) is 5.84 Å². The van der Waals surface area contributed by atoms with Crippen LogP contribution in [0.1, 0.15) is 39.8 Å². The van der Waals surface area contributed by atoms with E-state index in [1.807, 2.05) is 26.8 Å². The molecule has 1 heterocycles. The molecule has 0 amide bonds. The van der Waals surface area contributed by atoms with E-state index in [-0.39, 0.29) is 6.04 Å². The first-order valence-corrected chi connectivity index (χ1v) is 7.09. The average Bonchev–Trinajstić information content (AvgIpc) is 2.63. The molecular weight excluding hydrogens is 272 g/mol. The standard InChI is InChI=1S/C16H21ClN2O/c1-9-5-6-13(14(17)7-9)8-15(19-18)16-10(2)11(3)20-12(16)4/h5-7,15,19H,8,18H2,1-4H3. The van der Waals surface area contributed by atoms with Crippen molar-refractivity contribution >= 4 is 11.6 Å². The van der Waals surface area contributed by atoms with Crippen LogP contribution < -0.4 is 11.3 Å². The molecule has 4 heteroatoms. The Hall–Kier alpha value is -1.29. The molecule has 1 unspecified atom stereocenters. The lowest BCUT2D eigenvalue weighted by Crippen LogP contribution is -2.30. The molecule has 0 fully saturated rings. The number of halogens is 1. The molecule has 0 aliphatic rings. The molecule has 0 saturated carbocycles. The Labute approximate surface area is 125 Å². The van der Waals surface area contributed by atoms with E-state index >= 15 is 0 Å². The highest BCUT2D eigenvalue weighted by molar-refractivity contribution is 6.31. The highest BCUT2D eigenvalue weighted by atomic mass is 35.5. The van der Waals surface area contributed by atoms with Crippen molar-refractivity contribution in [2.75, 3.05) is 0 Å². The molecule has 1 aromatic carbocycles. The van der Waals surface area contributed by atoms with E-state index in [1.54, 1.807) is 0 Å². The number of furan rings is 1. The third-order valence-electron chi connectivity index (χ3n) is 3.80. The summed E-state index contributed by atoms with van der Waals surface area (Å²) in [6, 6.07) is 6.09. The molecule has 0 bridgehead atoms. The van der Waals surface area contributed by atoms with Crippen molar-refractivity contribution in [3.05, 3.63) is 57.0 Å². The minimum atomic E-state index is -0.00680. The lowest BCUT2D eigenvalue weighted by Gasteiger charge is -2.17. The van der Waals surface area contributed by atoms with Crippen LogP contribution in [-0.4, -0.2) is 0 Å². The molecule has 0 aliphatic heterocycles. The molecule has 0 saturated heterocycles. The molecule has 0 aliphatic carbocycles. The van der Waals surface area contributed by atoms with Crippen molar-refractivity contribution in [3.8, 4) is 0 Å². The quantitative estimate of drug-likeness (QED) is 0.663. The van der Waals surface area contributed by atoms with Gasteiger partial charge in [0.25, 0.3) is 0 Å². The summed E-state index contributed by atoms with van der Waals surface area (Å²) >= 11 is 6.31. The van der Waals surface area contributed by atoms with E-state index in [4.69, 9.17) is 21.9 Å². The monoisotopic (exact) mass is 292 g/mol. The zero-order valence-electron chi connectivity index (χ0n) is 12.4. The second-order valence-corrected chi connectivity index (χ2v) is 5.68. The smallest absolute Gasteiger partial charge is 0.106 e. The van der Waals surface area contributed by atoms with Gasteiger partial charge in [0.2, 0.25) is 0 Å². The fourth-order valence-corrected chi connectivity index (χ4v) is 2.92. The fraction of sp³-hybridized carbons (Fsp3) is 0.375. The number of nitrogens with one attached hydrogen (secondary N) is 1. The normalized spacial score (nSPS) is 12.7. The maximum Gasteiger partial charge on any atom is 0.106 e. The van der Waals surface area contributed by atoms with Crippen LogP contribution in [0.5, 0.6) is 0 Å². The molecule has 20 heavy (non-hydrogen) atoms. The van der Waals surface area contributed by atoms with E-state index in [1.165, 1.54) is 0 Å². The van der Waals surface area contributed by atoms with Gasteiger partial charge in [-0.2, -0.15) is 0 Å². The Bertz CT molecular complexity index is 619. The van der Waals surface area contributed by atoms with Crippen LogP contribution in [0.25, 0.3) is 0 Å². The van der Waals surface area contributed by atoms with Crippen molar-refractivity contribution in [3.63, 3.8) is 0 Å². The first-order valence-electron chi connectivity index (χ1n) is 6.71. The van der Waals surface area contributed by atoms with Gasteiger partial charge in [0.15, 0.2) is 0 Å². The summed E-state index contributed by atoms with van der Waals surface area (Å²) in [5.74, 6) is 7.59. The third kappa shape index (κ3) is 2.90. The summed E-state index contributed by atoms with van der Waals surface area (Å²) in [5, 5.41) is 0.778. The Kier molecular flexibility index (Phi) is 4.53. The lowest BCUT2D eigenvalue weighted by atomic mass is 9.96. The van der Waals surface area contributed by atoms with Crippen LogP contribution in [0.15, 0.2) is 22.6 Å². The van der Waals surface area contributed by atoms with Gasteiger partial charge >= 0.3 is 0 Å². The maximum atomic E-state index is 6.31. The van der Waals surface area contributed by atoms with Gasteiger partial charge in [0.1, 0.15) is 11.5 Å². The van der Waals surface area contributed by atoms with E-state index in [9.17, 15) is 0 Å².